The minimum Gasteiger partial charge on any atom is -0.488 e. The van der Waals surface area contributed by atoms with Crippen molar-refractivity contribution < 1.29 is 14.6 Å². The number of carbonyl (C=O) groups is 1. The molecule has 3 rings (SSSR count). The van der Waals surface area contributed by atoms with Crippen LogP contribution in [0.25, 0.3) is 10.9 Å². The maximum Gasteiger partial charge on any atom is 0.323 e. The van der Waals surface area contributed by atoms with Crippen molar-refractivity contribution in [3.63, 3.8) is 0 Å². The molecule has 4 heteroatoms. The standard InChI is InChI=1S/C17H15NO3/c19-17(20)11-18-10-9-14-15(18)7-4-8-16(14)21-12-13-5-2-1-3-6-13/h1-10H,11-12H2,(H,19,20). The lowest BCUT2D eigenvalue weighted by atomic mass is 10.2. The van der Waals surface area contributed by atoms with Gasteiger partial charge in [0.25, 0.3) is 0 Å². The third-order valence-electron chi connectivity index (χ3n) is 3.32. The smallest absolute Gasteiger partial charge is 0.323 e. The molecular formula is C17H15NO3. The predicted molar refractivity (Wildman–Crippen MR) is 80.3 cm³/mol. The van der Waals surface area contributed by atoms with E-state index < -0.39 is 5.97 Å². The van der Waals surface area contributed by atoms with E-state index in [1.165, 1.54) is 0 Å². The Hall–Kier alpha value is -2.75. The molecule has 4 nitrogen and oxygen atoms in total. The average Bonchev–Trinajstić information content (AvgIpc) is 2.89. The van der Waals surface area contributed by atoms with Crippen molar-refractivity contribution in [1.82, 2.24) is 4.57 Å². The van der Waals surface area contributed by atoms with Gasteiger partial charge < -0.3 is 14.4 Å². The molecule has 3 aromatic rings. The van der Waals surface area contributed by atoms with E-state index in [1.54, 1.807) is 10.8 Å². The first-order chi connectivity index (χ1) is 10.2. The summed E-state index contributed by atoms with van der Waals surface area (Å²) in [5.74, 6) is -0.0939. The molecular weight excluding hydrogens is 266 g/mol. The Morgan fingerprint density at radius 3 is 2.62 bits per heavy atom. The van der Waals surface area contributed by atoms with Gasteiger partial charge in [-0.05, 0) is 23.8 Å². The van der Waals surface area contributed by atoms with Crippen molar-refractivity contribution in [2.75, 3.05) is 0 Å². The van der Waals surface area contributed by atoms with E-state index in [9.17, 15) is 4.79 Å². The molecule has 0 spiro atoms. The van der Waals surface area contributed by atoms with Crippen LogP contribution in [0.2, 0.25) is 0 Å². The largest absolute Gasteiger partial charge is 0.488 e. The monoisotopic (exact) mass is 281 g/mol. The van der Waals surface area contributed by atoms with Crippen LogP contribution in [0.3, 0.4) is 0 Å². The summed E-state index contributed by atoms with van der Waals surface area (Å²) in [5, 5.41) is 9.84. The number of hydrogen-bond donors (Lipinski definition) is 1. The average molecular weight is 281 g/mol. The quantitative estimate of drug-likeness (QED) is 0.780. The highest BCUT2D eigenvalue weighted by Gasteiger charge is 2.08. The number of carboxylic acid groups (broad SMARTS) is 1. The van der Waals surface area contributed by atoms with E-state index in [2.05, 4.69) is 0 Å². The summed E-state index contributed by atoms with van der Waals surface area (Å²) in [7, 11) is 0. The van der Waals surface area contributed by atoms with Gasteiger partial charge in [0.05, 0.1) is 5.52 Å². The van der Waals surface area contributed by atoms with E-state index >= 15 is 0 Å². The van der Waals surface area contributed by atoms with Crippen molar-refractivity contribution in [2.24, 2.45) is 0 Å². The predicted octanol–water partition coefficient (Wildman–Crippen LogP) is 3.30. The molecule has 0 amide bonds. The van der Waals surface area contributed by atoms with Gasteiger partial charge in [-0.25, -0.2) is 0 Å². The molecule has 21 heavy (non-hydrogen) atoms. The second-order valence-electron chi connectivity index (χ2n) is 4.80. The summed E-state index contributed by atoms with van der Waals surface area (Å²) in [6.07, 6.45) is 1.77. The molecule has 0 aliphatic carbocycles. The number of nitrogens with zero attached hydrogens (tertiary/aromatic N) is 1. The third kappa shape index (κ3) is 2.89. The van der Waals surface area contributed by atoms with E-state index in [0.717, 1.165) is 22.2 Å². The summed E-state index contributed by atoms with van der Waals surface area (Å²) in [6.45, 7) is 0.440. The van der Waals surface area contributed by atoms with Crippen LogP contribution in [0.1, 0.15) is 5.56 Å². The maximum atomic E-state index is 10.9. The van der Waals surface area contributed by atoms with Crippen LogP contribution in [0.4, 0.5) is 0 Å². The Kier molecular flexibility index (Phi) is 3.60. The normalized spacial score (nSPS) is 10.7. The topological polar surface area (TPSA) is 51.5 Å². The zero-order chi connectivity index (χ0) is 14.7. The lowest BCUT2D eigenvalue weighted by molar-refractivity contribution is -0.137. The molecule has 0 aliphatic rings. The fraction of sp³-hybridized carbons (Fsp3) is 0.118. The zero-order valence-corrected chi connectivity index (χ0v) is 11.4. The maximum absolute atomic E-state index is 10.9. The molecule has 1 aromatic heterocycles. The number of aromatic nitrogens is 1. The van der Waals surface area contributed by atoms with Gasteiger partial charge in [0.1, 0.15) is 18.9 Å². The highest BCUT2D eigenvalue weighted by atomic mass is 16.5. The van der Waals surface area contributed by atoms with Crippen LogP contribution >= 0.6 is 0 Å². The van der Waals surface area contributed by atoms with Gasteiger partial charge in [0, 0.05) is 11.6 Å². The van der Waals surface area contributed by atoms with Crippen LogP contribution in [0, 0.1) is 0 Å². The van der Waals surface area contributed by atoms with Crippen LogP contribution < -0.4 is 4.74 Å². The van der Waals surface area contributed by atoms with Crippen molar-refractivity contribution in [3.8, 4) is 5.75 Å². The molecule has 0 radical (unpaired) electrons. The molecule has 106 valence electrons. The van der Waals surface area contributed by atoms with Crippen LogP contribution in [-0.4, -0.2) is 15.6 Å². The molecule has 0 atom stereocenters. The minimum atomic E-state index is -0.858. The molecule has 1 heterocycles. The number of hydrogen-bond acceptors (Lipinski definition) is 2. The lowest BCUT2D eigenvalue weighted by Crippen LogP contribution is -2.07. The minimum absolute atomic E-state index is 0.0500. The summed E-state index contributed by atoms with van der Waals surface area (Å²) in [4.78, 5) is 10.9. The molecule has 0 saturated heterocycles. The van der Waals surface area contributed by atoms with E-state index in [-0.39, 0.29) is 6.54 Å². The van der Waals surface area contributed by atoms with E-state index in [0.29, 0.717) is 6.61 Å². The van der Waals surface area contributed by atoms with E-state index in [1.807, 2.05) is 54.6 Å². The molecule has 0 aliphatic heterocycles. The first-order valence-corrected chi connectivity index (χ1v) is 6.70. The van der Waals surface area contributed by atoms with Gasteiger partial charge in [0.15, 0.2) is 0 Å². The second-order valence-corrected chi connectivity index (χ2v) is 4.80. The number of rotatable bonds is 5. The van der Waals surface area contributed by atoms with Gasteiger partial charge in [-0.3, -0.25) is 4.79 Å². The van der Waals surface area contributed by atoms with Crippen LogP contribution in [-0.2, 0) is 17.9 Å². The van der Waals surface area contributed by atoms with Crippen molar-refractivity contribution >= 4 is 16.9 Å². The Labute approximate surface area is 122 Å². The molecule has 1 N–H and O–H groups in total. The first kappa shape index (κ1) is 13.2. The highest BCUT2D eigenvalue weighted by Crippen LogP contribution is 2.27. The third-order valence-corrected chi connectivity index (χ3v) is 3.32. The van der Waals surface area contributed by atoms with E-state index in [4.69, 9.17) is 9.84 Å². The molecule has 0 fully saturated rings. The Morgan fingerprint density at radius 2 is 1.86 bits per heavy atom. The molecule has 0 unspecified atom stereocenters. The highest BCUT2D eigenvalue weighted by molar-refractivity contribution is 5.87. The Morgan fingerprint density at radius 1 is 1.05 bits per heavy atom. The summed E-state index contributed by atoms with van der Waals surface area (Å²) >= 11 is 0. The second kappa shape index (κ2) is 5.71. The van der Waals surface area contributed by atoms with Crippen LogP contribution in [0.15, 0.2) is 60.8 Å². The number of aliphatic carboxylic acids is 1. The first-order valence-electron chi connectivity index (χ1n) is 6.70. The summed E-state index contributed by atoms with van der Waals surface area (Å²) < 4.78 is 7.56. The SMILES string of the molecule is O=C(O)Cn1ccc2c(OCc3ccccc3)cccc21. The molecule has 0 saturated carbocycles. The van der Waals surface area contributed by atoms with Crippen LogP contribution in [0.5, 0.6) is 5.75 Å². The van der Waals surface area contributed by atoms with Crippen molar-refractivity contribution in [2.45, 2.75) is 13.2 Å². The summed E-state index contributed by atoms with van der Waals surface area (Å²) in [5.41, 5.74) is 1.96. The van der Waals surface area contributed by atoms with Gasteiger partial charge in [-0.15, -0.1) is 0 Å². The van der Waals surface area contributed by atoms with Crippen molar-refractivity contribution in [1.29, 1.82) is 0 Å². The molecule has 2 aromatic carbocycles. The fourth-order valence-electron chi connectivity index (χ4n) is 2.34. The van der Waals surface area contributed by atoms with Crippen molar-refractivity contribution in [3.05, 3.63) is 66.4 Å². The number of fused-ring (bicyclic) bond motifs is 1. The molecule has 0 bridgehead atoms. The Balaban J connectivity index is 1.86. The fourth-order valence-corrected chi connectivity index (χ4v) is 2.34. The van der Waals surface area contributed by atoms with Gasteiger partial charge in [-0.2, -0.15) is 0 Å². The van der Waals surface area contributed by atoms with Gasteiger partial charge >= 0.3 is 5.97 Å². The van der Waals surface area contributed by atoms with Gasteiger partial charge in [-0.1, -0.05) is 36.4 Å². The number of benzene rings is 2. The zero-order valence-electron chi connectivity index (χ0n) is 11.4. The van der Waals surface area contributed by atoms with Gasteiger partial charge in [0.2, 0.25) is 0 Å². The summed E-state index contributed by atoms with van der Waals surface area (Å²) in [6, 6.07) is 17.5. The number of carboxylic acids is 1. The lowest BCUT2D eigenvalue weighted by Gasteiger charge is -2.08. The number of ether oxygens (including phenoxy) is 1. The Bertz CT molecular complexity index is 762.